The highest BCUT2D eigenvalue weighted by atomic mass is 32.2. The average Bonchev–Trinajstić information content (AvgIpc) is 2.14. The second-order valence-corrected chi connectivity index (χ2v) is 4.43. The Bertz CT molecular complexity index is 457. The summed E-state index contributed by atoms with van der Waals surface area (Å²) in [5, 5.41) is 0. The predicted molar refractivity (Wildman–Crippen MR) is 57.0 cm³/mol. The van der Waals surface area contributed by atoms with Gasteiger partial charge in [-0.25, -0.2) is 0 Å². The number of hydrogen-bond acceptors (Lipinski definition) is 4. The van der Waals surface area contributed by atoms with E-state index in [9.17, 15) is 13.2 Å². The Labute approximate surface area is 88.3 Å². The molecule has 1 aromatic carbocycles. The predicted octanol–water partition coefficient (Wildman–Crippen LogP) is 1.24. The van der Waals surface area contributed by atoms with E-state index in [4.69, 9.17) is 0 Å². The Morgan fingerprint density at radius 1 is 1.20 bits per heavy atom. The van der Waals surface area contributed by atoms with Gasteiger partial charge in [-0.15, -0.1) is 0 Å². The van der Waals surface area contributed by atoms with Gasteiger partial charge in [-0.2, -0.15) is 8.42 Å². The van der Waals surface area contributed by atoms with Gasteiger partial charge >= 0.3 is 10.1 Å². The molecular weight excluding hydrogens is 216 g/mol. The lowest BCUT2D eigenvalue weighted by Gasteiger charge is -2.02. The standard InChI is InChI=1S/C10H10O4S/c1-15(12,13)14-10-6-4-9(5-7-10)3-2-8-11/h2-8H,1H3/b3-2+. The maximum atomic E-state index is 10.8. The molecule has 0 aliphatic rings. The Morgan fingerprint density at radius 2 is 1.80 bits per heavy atom. The zero-order valence-electron chi connectivity index (χ0n) is 8.08. The lowest BCUT2D eigenvalue weighted by atomic mass is 10.2. The molecule has 0 N–H and O–H groups in total. The number of carbonyl (C=O) groups excluding carboxylic acids is 1. The molecule has 5 heteroatoms. The summed E-state index contributed by atoms with van der Waals surface area (Å²) < 4.78 is 26.2. The van der Waals surface area contributed by atoms with Gasteiger partial charge in [0.15, 0.2) is 0 Å². The number of rotatable bonds is 4. The van der Waals surface area contributed by atoms with Gasteiger partial charge in [0.2, 0.25) is 0 Å². The van der Waals surface area contributed by atoms with Crippen LogP contribution in [0.4, 0.5) is 0 Å². The molecule has 0 aliphatic carbocycles. The molecule has 15 heavy (non-hydrogen) atoms. The molecule has 4 nitrogen and oxygen atoms in total. The van der Waals surface area contributed by atoms with Crippen LogP contribution in [0.15, 0.2) is 30.3 Å². The third kappa shape index (κ3) is 4.42. The van der Waals surface area contributed by atoms with E-state index in [1.165, 1.54) is 18.2 Å². The Balaban J connectivity index is 2.81. The van der Waals surface area contributed by atoms with Crippen LogP contribution in [0.2, 0.25) is 0 Å². The average molecular weight is 226 g/mol. The summed E-state index contributed by atoms with van der Waals surface area (Å²) in [6.07, 6.45) is 4.61. The third-order valence-corrected chi connectivity index (χ3v) is 1.99. The fourth-order valence-corrected chi connectivity index (χ4v) is 1.42. The molecule has 0 aromatic heterocycles. The first-order chi connectivity index (χ1) is 7.01. The van der Waals surface area contributed by atoms with Crippen LogP contribution in [0.25, 0.3) is 6.08 Å². The van der Waals surface area contributed by atoms with Crippen molar-refractivity contribution < 1.29 is 17.4 Å². The highest BCUT2D eigenvalue weighted by Gasteiger charge is 2.02. The van der Waals surface area contributed by atoms with Gasteiger partial charge in [0.25, 0.3) is 0 Å². The molecule has 1 rings (SSSR count). The van der Waals surface area contributed by atoms with Crippen molar-refractivity contribution >= 4 is 22.5 Å². The van der Waals surface area contributed by atoms with Crippen LogP contribution in [-0.4, -0.2) is 21.0 Å². The van der Waals surface area contributed by atoms with E-state index < -0.39 is 10.1 Å². The second-order valence-electron chi connectivity index (χ2n) is 2.85. The first kappa shape index (κ1) is 11.5. The zero-order valence-corrected chi connectivity index (χ0v) is 8.90. The van der Waals surface area contributed by atoms with Gasteiger partial charge < -0.3 is 4.18 Å². The molecule has 80 valence electrons. The number of carbonyl (C=O) groups is 1. The summed E-state index contributed by atoms with van der Waals surface area (Å²) in [7, 11) is -3.48. The van der Waals surface area contributed by atoms with Crippen molar-refractivity contribution in [1.82, 2.24) is 0 Å². The van der Waals surface area contributed by atoms with E-state index in [-0.39, 0.29) is 5.75 Å². The molecule has 0 amide bonds. The molecule has 0 fully saturated rings. The van der Waals surface area contributed by atoms with E-state index in [0.29, 0.717) is 6.29 Å². The van der Waals surface area contributed by atoms with Crippen LogP contribution in [0, 0.1) is 0 Å². The summed E-state index contributed by atoms with van der Waals surface area (Å²) in [6, 6.07) is 6.35. The van der Waals surface area contributed by atoms with Crippen LogP contribution in [0.1, 0.15) is 5.56 Å². The van der Waals surface area contributed by atoms with Gasteiger partial charge in [0.05, 0.1) is 6.26 Å². The Kier molecular flexibility index (Phi) is 3.62. The maximum Gasteiger partial charge on any atom is 0.306 e. The number of allylic oxidation sites excluding steroid dienone is 1. The summed E-state index contributed by atoms with van der Waals surface area (Å²) in [4.78, 5) is 10.0. The Morgan fingerprint density at radius 3 is 2.27 bits per heavy atom. The first-order valence-electron chi connectivity index (χ1n) is 4.12. The van der Waals surface area contributed by atoms with E-state index in [0.717, 1.165) is 11.8 Å². The second kappa shape index (κ2) is 4.75. The molecular formula is C10H10O4S. The lowest BCUT2D eigenvalue weighted by molar-refractivity contribution is -0.104. The van der Waals surface area contributed by atoms with Crippen LogP contribution in [0.3, 0.4) is 0 Å². The van der Waals surface area contributed by atoms with Crippen molar-refractivity contribution in [3.63, 3.8) is 0 Å². The molecule has 0 unspecified atom stereocenters. The zero-order chi connectivity index (χ0) is 11.3. The number of hydrogen-bond donors (Lipinski definition) is 0. The molecule has 0 atom stereocenters. The SMILES string of the molecule is CS(=O)(=O)Oc1ccc(/C=C/C=O)cc1. The Hall–Kier alpha value is -1.62. The maximum absolute atomic E-state index is 10.8. The summed E-state index contributed by atoms with van der Waals surface area (Å²) in [5.41, 5.74) is 0.794. The first-order valence-corrected chi connectivity index (χ1v) is 5.94. The smallest absolute Gasteiger partial charge is 0.306 e. The van der Waals surface area contributed by atoms with Crippen LogP contribution in [0.5, 0.6) is 5.75 Å². The fraction of sp³-hybridized carbons (Fsp3) is 0.100. The highest BCUT2D eigenvalue weighted by molar-refractivity contribution is 7.86. The van der Waals surface area contributed by atoms with Crippen molar-refractivity contribution in [2.24, 2.45) is 0 Å². The summed E-state index contributed by atoms with van der Waals surface area (Å²) in [6.45, 7) is 0. The largest absolute Gasteiger partial charge is 0.383 e. The van der Waals surface area contributed by atoms with Gasteiger partial charge in [-0.1, -0.05) is 18.2 Å². The van der Waals surface area contributed by atoms with Gasteiger partial charge in [-0.05, 0) is 23.8 Å². The van der Waals surface area contributed by atoms with E-state index in [1.54, 1.807) is 18.2 Å². The van der Waals surface area contributed by atoms with Crippen molar-refractivity contribution in [1.29, 1.82) is 0 Å². The molecule has 0 saturated heterocycles. The normalized spacial score (nSPS) is 11.5. The number of benzene rings is 1. The van der Waals surface area contributed by atoms with Gasteiger partial charge in [0.1, 0.15) is 12.0 Å². The van der Waals surface area contributed by atoms with Crippen LogP contribution < -0.4 is 4.18 Å². The molecule has 0 saturated carbocycles. The van der Waals surface area contributed by atoms with Gasteiger partial charge in [-0.3, -0.25) is 4.79 Å². The fourth-order valence-electron chi connectivity index (χ4n) is 0.960. The van der Waals surface area contributed by atoms with Crippen molar-refractivity contribution in [2.45, 2.75) is 0 Å². The summed E-state index contributed by atoms with van der Waals surface area (Å²) >= 11 is 0. The monoisotopic (exact) mass is 226 g/mol. The quantitative estimate of drug-likeness (QED) is 0.440. The summed E-state index contributed by atoms with van der Waals surface area (Å²) in [5.74, 6) is 0.251. The highest BCUT2D eigenvalue weighted by Crippen LogP contribution is 2.14. The minimum atomic E-state index is -3.48. The van der Waals surface area contributed by atoms with Gasteiger partial charge in [0, 0.05) is 0 Å². The topological polar surface area (TPSA) is 60.4 Å². The van der Waals surface area contributed by atoms with Crippen LogP contribution in [-0.2, 0) is 14.9 Å². The van der Waals surface area contributed by atoms with Crippen molar-refractivity contribution in [2.75, 3.05) is 6.26 Å². The minimum absolute atomic E-state index is 0.251. The number of aldehydes is 1. The lowest BCUT2D eigenvalue weighted by Crippen LogP contribution is -2.05. The van der Waals surface area contributed by atoms with Crippen molar-refractivity contribution in [3.05, 3.63) is 35.9 Å². The third-order valence-electron chi connectivity index (χ3n) is 1.49. The van der Waals surface area contributed by atoms with E-state index in [1.807, 2.05) is 0 Å². The molecule has 0 heterocycles. The molecule has 0 bridgehead atoms. The van der Waals surface area contributed by atoms with Crippen molar-refractivity contribution in [3.8, 4) is 5.75 Å². The minimum Gasteiger partial charge on any atom is -0.383 e. The molecule has 1 aromatic rings. The molecule has 0 radical (unpaired) electrons. The van der Waals surface area contributed by atoms with E-state index >= 15 is 0 Å². The van der Waals surface area contributed by atoms with Crippen LogP contribution >= 0.6 is 0 Å². The molecule has 0 spiro atoms. The molecule has 0 aliphatic heterocycles. The van der Waals surface area contributed by atoms with E-state index in [2.05, 4.69) is 4.18 Å².